The predicted molar refractivity (Wildman–Crippen MR) is 50.7 cm³/mol. The van der Waals surface area contributed by atoms with Gasteiger partial charge in [0.05, 0.1) is 6.04 Å². The summed E-state index contributed by atoms with van der Waals surface area (Å²) < 4.78 is 37.8. The van der Waals surface area contributed by atoms with Crippen LogP contribution in [0.4, 0.5) is 13.2 Å². The van der Waals surface area contributed by atoms with E-state index in [4.69, 9.17) is 5.73 Å². The third-order valence-corrected chi connectivity index (χ3v) is 2.42. The Kier molecular flexibility index (Phi) is 3.30. The maximum atomic E-state index is 12.2. The molecule has 1 aliphatic carbocycles. The van der Waals surface area contributed by atoms with Gasteiger partial charge in [0.15, 0.2) is 5.69 Å². The summed E-state index contributed by atoms with van der Waals surface area (Å²) in [4.78, 5) is 0. The van der Waals surface area contributed by atoms with Crippen molar-refractivity contribution in [3.05, 3.63) is 18.0 Å². The lowest BCUT2D eigenvalue weighted by Gasteiger charge is -2.32. The smallest absolute Gasteiger partial charge is 0.328 e. The Hall–Kier alpha value is -0.750. The molecule has 0 radical (unpaired) electrons. The first-order valence-corrected chi connectivity index (χ1v) is 4.35. The molecule has 0 amide bonds. The van der Waals surface area contributed by atoms with Crippen LogP contribution in [0.1, 0.15) is 24.6 Å². The Morgan fingerprint density at radius 3 is 2.40 bits per heavy atom. The summed E-state index contributed by atoms with van der Waals surface area (Å²) in [5.74, 6) is 0. The Bertz CT molecular complexity index is 330. The van der Waals surface area contributed by atoms with Crippen molar-refractivity contribution >= 4 is 12.4 Å². The molecule has 1 saturated carbocycles. The summed E-state index contributed by atoms with van der Waals surface area (Å²) in [6.45, 7) is 0. The molecule has 0 spiro atoms. The fraction of sp³-hybridized carbons (Fsp3) is 0.625. The van der Waals surface area contributed by atoms with Crippen molar-refractivity contribution in [2.45, 2.75) is 31.1 Å². The molecule has 0 aliphatic heterocycles. The van der Waals surface area contributed by atoms with Crippen molar-refractivity contribution in [3.8, 4) is 0 Å². The Morgan fingerprint density at radius 1 is 1.40 bits per heavy atom. The van der Waals surface area contributed by atoms with Gasteiger partial charge >= 0.3 is 6.18 Å². The van der Waals surface area contributed by atoms with E-state index in [0.717, 1.165) is 6.07 Å². The van der Waals surface area contributed by atoms with E-state index in [1.165, 1.54) is 10.9 Å². The van der Waals surface area contributed by atoms with Crippen LogP contribution >= 0.6 is 12.4 Å². The van der Waals surface area contributed by atoms with E-state index in [9.17, 15) is 13.2 Å². The van der Waals surface area contributed by atoms with Crippen LogP contribution in [0.3, 0.4) is 0 Å². The molecule has 2 N–H and O–H groups in total. The van der Waals surface area contributed by atoms with Crippen molar-refractivity contribution in [3.63, 3.8) is 0 Å². The van der Waals surface area contributed by atoms with Crippen molar-refractivity contribution in [2.24, 2.45) is 5.73 Å². The van der Waals surface area contributed by atoms with E-state index in [2.05, 4.69) is 5.10 Å². The van der Waals surface area contributed by atoms with Gasteiger partial charge in [0, 0.05) is 12.2 Å². The molecule has 1 heterocycles. The largest absolute Gasteiger partial charge is 0.435 e. The first-order chi connectivity index (χ1) is 6.47. The molecule has 1 aromatic rings. The average molecular weight is 242 g/mol. The minimum Gasteiger partial charge on any atom is -0.328 e. The molecule has 7 heteroatoms. The molecule has 0 unspecified atom stereocenters. The highest BCUT2D eigenvalue weighted by Gasteiger charge is 2.35. The van der Waals surface area contributed by atoms with Crippen molar-refractivity contribution in [1.29, 1.82) is 0 Å². The van der Waals surface area contributed by atoms with Crippen LogP contribution in [0.5, 0.6) is 0 Å². The summed E-state index contributed by atoms with van der Waals surface area (Å²) >= 11 is 0. The van der Waals surface area contributed by atoms with E-state index in [-0.39, 0.29) is 24.5 Å². The minimum atomic E-state index is -4.35. The lowest BCUT2D eigenvalue weighted by Crippen LogP contribution is -2.38. The number of nitrogens with two attached hydrogens (primary N) is 1. The molecule has 0 atom stereocenters. The van der Waals surface area contributed by atoms with E-state index in [1.54, 1.807) is 0 Å². The normalized spacial score (nSPS) is 25.6. The SMILES string of the molecule is Cl.N[C@H]1C[C@H](n2ccc(C(F)(F)F)n2)C1. The highest BCUT2D eigenvalue weighted by molar-refractivity contribution is 5.85. The van der Waals surface area contributed by atoms with Crippen LogP contribution in [0.15, 0.2) is 12.3 Å². The van der Waals surface area contributed by atoms with Gasteiger partial charge in [0.2, 0.25) is 0 Å². The molecule has 1 aromatic heterocycles. The third-order valence-electron chi connectivity index (χ3n) is 2.42. The second-order valence-corrected chi connectivity index (χ2v) is 3.56. The van der Waals surface area contributed by atoms with Crippen LogP contribution in [-0.4, -0.2) is 15.8 Å². The van der Waals surface area contributed by atoms with Crippen molar-refractivity contribution in [1.82, 2.24) is 9.78 Å². The van der Waals surface area contributed by atoms with Gasteiger partial charge in [0.1, 0.15) is 0 Å². The zero-order chi connectivity index (χ0) is 10.3. The molecule has 2 rings (SSSR count). The maximum Gasteiger partial charge on any atom is 0.435 e. The monoisotopic (exact) mass is 241 g/mol. The second kappa shape index (κ2) is 4.02. The first kappa shape index (κ1) is 12.3. The van der Waals surface area contributed by atoms with Gasteiger partial charge in [-0.05, 0) is 18.9 Å². The molecule has 0 aromatic carbocycles. The Morgan fingerprint density at radius 2 is 2.00 bits per heavy atom. The van der Waals surface area contributed by atoms with Crippen LogP contribution in [-0.2, 0) is 6.18 Å². The van der Waals surface area contributed by atoms with E-state index >= 15 is 0 Å². The molecule has 0 bridgehead atoms. The number of alkyl halides is 3. The first-order valence-electron chi connectivity index (χ1n) is 4.35. The summed E-state index contributed by atoms with van der Waals surface area (Å²) in [6.07, 6.45) is -1.57. The standard InChI is InChI=1S/C8H10F3N3.ClH/c9-8(10,11)7-1-2-14(13-7)6-3-5(12)4-6;/h1-2,5-6H,3-4,12H2;1H/t5-,6-;. The number of hydrogen-bond acceptors (Lipinski definition) is 2. The third kappa shape index (κ3) is 2.43. The molecular formula is C8H11ClF3N3. The number of aromatic nitrogens is 2. The quantitative estimate of drug-likeness (QED) is 0.817. The fourth-order valence-corrected chi connectivity index (χ4v) is 1.54. The fourth-order valence-electron chi connectivity index (χ4n) is 1.54. The summed E-state index contributed by atoms with van der Waals surface area (Å²) in [6, 6.07) is 1.14. The molecule has 0 saturated heterocycles. The van der Waals surface area contributed by atoms with Gasteiger partial charge in [-0.2, -0.15) is 18.3 Å². The van der Waals surface area contributed by atoms with Gasteiger partial charge in [-0.25, -0.2) is 0 Å². The Labute approximate surface area is 90.8 Å². The summed E-state index contributed by atoms with van der Waals surface area (Å²) in [7, 11) is 0. The van der Waals surface area contributed by atoms with Gasteiger partial charge in [0.25, 0.3) is 0 Å². The predicted octanol–water partition coefficient (Wildman–Crippen LogP) is 1.99. The van der Waals surface area contributed by atoms with E-state index < -0.39 is 11.9 Å². The number of halogens is 4. The number of nitrogens with zero attached hydrogens (tertiary/aromatic N) is 2. The zero-order valence-corrected chi connectivity index (χ0v) is 8.55. The number of hydrogen-bond donors (Lipinski definition) is 1. The molecule has 1 fully saturated rings. The van der Waals surface area contributed by atoms with Crippen LogP contribution in [0.2, 0.25) is 0 Å². The molecule has 1 aliphatic rings. The van der Waals surface area contributed by atoms with Crippen LogP contribution in [0, 0.1) is 0 Å². The Balaban J connectivity index is 0.00000112. The highest BCUT2D eigenvalue weighted by Crippen LogP contribution is 2.32. The van der Waals surface area contributed by atoms with Crippen molar-refractivity contribution < 1.29 is 13.2 Å². The van der Waals surface area contributed by atoms with Crippen LogP contribution < -0.4 is 5.73 Å². The van der Waals surface area contributed by atoms with E-state index in [0.29, 0.717) is 12.8 Å². The lowest BCUT2D eigenvalue weighted by atomic mass is 9.88. The van der Waals surface area contributed by atoms with Crippen LogP contribution in [0.25, 0.3) is 0 Å². The highest BCUT2D eigenvalue weighted by atomic mass is 35.5. The average Bonchev–Trinajstić information content (AvgIpc) is 2.45. The molecule has 15 heavy (non-hydrogen) atoms. The zero-order valence-electron chi connectivity index (χ0n) is 7.74. The number of rotatable bonds is 1. The lowest BCUT2D eigenvalue weighted by molar-refractivity contribution is -0.141. The molecule has 3 nitrogen and oxygen atoms in total. The minimum absolute atomic E-state index is 0. The topological polar surface area (TPSA) is 43.8 Å². The van der Waals surface area contributed by atoms with Crippen molar-refractivity contribution in [2.75, 3.05) is 0 Å². The molecule has 86 valence electrons. The second-order valence-electron chi connectivity index (χ2n) is 3.56. The molecular weight excluding hydrogens is 231 g/mol. The van der Waals surface area contributed by atoms with Gasteiger partial charge in [-0.3, -0.25) is 4.68 Å². The summed E-state index contributed by atoms with van der Waals surface area (Å²) in [5.41, 5.74) is 4.70. The van der Waals surface area contributed by atoms with E-state index in [1.807, 2.05) is 0 Å². The maximum absolute atomic E-state index is 12.2. The van der Waals surface area contributed by atoms with Gasteiger partial charge in [-0.15, -0.1) is 12.4 Å². The van der Waals surface area contributed by atoms with Gasteiger partial charge < -0.3 is 5.73 Å². The van der Waals surface area contributed by atoms with Gasteiger partial charge in [-0.1, -0.05) is 0 Å². The summed E-state index contributed by atoms with van der Waals surface area (Å²) in [5, 5.41) is 3.47.